The van der Waals surface area contributed by atoms with Gasteiger partial charge in [-0.1, -0.05) is 25.3 Å². The standard InChI is InChI=1S/C19H24Cl2F2NO7PS2/c1-4-11-12-13(22)15(29-9-7-20)16(30-10-8-21)14(23)17(12)33-18(11)34(27,28)24-19(5-2,6-3)31-32(25)26/h24H,4-10H2,1-3H3/p+1. The Hall–Kier alpha value is -0.850. The van der Waals surface area contributed by atoms with Crippen molar-refractivity contribution in [2.75, 3.05) is 25.0 Å². The molecule has 0 spiro atoms. The molecular weight excluding hydrogens is 558 g/mol. The molecule has 0 radical (unpaired) electrons. The van der Waals surface area contributed by atoms with Crippen LogP contribution in [-0.2, 0) is 25.5 Å². The fraction of sp³-hybridized carbons (Fsp3) is 0.579. The van der Waals surface area contributed by atoms with E-state index in [0.29, 0.717) is 11.3 Å². The molecule has 0 amide bonds. The summed E-state index contributed by atoms with van der Waals surface area (Å²) in [6.45, 7) is 4.42. The Morgan fingerprint density at radius 3 is 2.03 bits per heavy atom. The predicted molar refractivity (Wildman–Crippen MR) is 128 cm³/mol. The molecule has 0 fully saturated rings. The second-order valence-electron chi connectivity index (χ2n) is 6.92. The number of hydrogen-bond donors (Lipinski definition) is 2. The average Bonchev–Trinajstić information content (AvgIpc) is 3.20. The van der Waals surface area contributed by atoms with E-state index in [1.807, 2.05) is 0 Å². The highest BCUT2D eigenvalue weighted by Crippen LogP contribution is 2.47. The van der Waals surface area contributed by atoms with Crippen molar-refractivity contribution < 1.29 is 40.7 Å². The monoisotopic (exact) mass is 582 g/mol. The van der Waals surface area contributed by atoms with Crippen LogP contribution in [0, 0.1) is 11.6 Å². The molecule has 1 unspecified atom stereocenters. The van der Waals surface area contributed by atoms with Crippen LogP contribution in [0.1, 0.15) is 39.2 Å². The summed E-state index contributed by atoms with van der Waals surface area (Å²) < 4.78 is 86.3. The van der Waals surface area contributed by atoms with E-state index in [9.17, 15) is 17.9 Å². The van der Waals surface area contributed by atoms with E-state index in [1.54, 1.807) is 20.8 Å². The first-order chi connectivity index (χ1) is 16.0. The molecule has 0 saturated heterocycles. The fourth-order valence-corrected chi connectivity index (χ4v) is 7.48. The lowest BCUT2D eigenvalue weighted by atomic mass is 10.1. The number of alkyl halides is 2. The van der Waals surface area contributed by atoms with Crippen molar-refractivity contribution in [3.05, 3.63) is 17.2 Å². The van der Waals surface area contributed by atoms with Crippen LogP contribution in [0.5, 0.6) is 11.5 Å². The zero-order valence-electron chi connectivity index (χ0n) is 18.6. The van der Waals surface area contributed by atoms with Gasteiger partial charge in [-0.15, -0.1) is 39.4 Å². The maximum Gasteiger partial charge on any atom is 0.696 e. The smallest absolute Gasteiger partial charge is 0.486 e. The summed E-state index contributed by atoms with van der Waals surface area (Å²) in [6, 6.07) is 0. The molecule has 0 aliphatic carbocycles. The Kier molecular flexibility index (Phi) is 10.7. The molecule has 8 nitrogen and oxygen atoms in total. The van der Waals surface area contributed by atoms with Crippen LogP contribution in [0.25, 0.3) is 10.1 Å². The molecule has 2 rings (SSSR count). The predicted octanol–water partition coefficient (Wildman–Crippen LogP) is 5.44. The van der Waals surface area contributed by atoms with Gasteiger partial charge in [-0.05, 0) is 24.8 Å². The highest BCUT2D eigenvalue weighted by atomic mass is 35.5. The Morgan fingerprint density at radius 2 is 1.59 bits per heavy atom. The fourth-order valence-electron chi connectivity index (χ4n) is 3.31. The molecule has 1 heterocycles. The van der Waals surface area contributed by atoms with Crippen molar-refractivity contribution in [2.45, 2.75) is 50.0 Å². The van der Waals surface area contributed by atoms with Crippen molar-refractivity contribution in [3.63, 3.8) is 0 Å². The number of nitrogens with one attached hydrogen (secondary N) is 1. The largest absolute Gasteiger partial charge is 0.696 e. The van der Waals surface area contributed by atoms with Gasteiger partial charge in [0, 0.05) is 9.95 Å². The van der Waals surface area contributed by atoms with E-state index in [1.165, 1.54) is 0 Å². The van der Waals surface area contributed by atoms with Gasteiger partial charge in [-0.2, -0.15) is 4.72 Å². The number of sulfonamides is 1. The third kappa shape index (κ3) is 6.10. The van der Waals surface area contributed by atoms with Crippen LogP contribution in [0.3, 0.4) is 0 Å². The first-order valence-electron chi connectivity index (χ1n) is 10.2. The molecule has 192 valence electrons. The number of fused-ring (bicyclic) bond motifs is 1. The van der Waals surface area contributed by atoms with Crippen molar-refractivity contribution in [1.29, 1.82) is 0 Å². The SMILES string of the molecule is CCc1c(S(=O)(=O)NC(CC)(CC)O[P+](=O)O)sc2c(F)c(OCCCl)c(OCCCl)c(F)c12. The summed E-state index contributed by atoms with van der Waals surface area (Å²) in [5.41, 5.74) is -1.68. The number of benzene rings is 1. The number of hydrogen-bond acceptors (Lipinski definition) is 7. The van der Waals surface area contributed by atoms with Crippen LogP contribution in [0.2, 0.25) is 0 Å². The Balaban J connectivity index is 2.78. The lowest BCUT2D eigenvalue weighted by Gasteiger charge is -2.25. The number of ether oxygens (including phenoxy) is 2. The van der Waals surface area contributed by atoms with E-state index in [4.69, 9.17) is 37.2 Å². The minimum atomic E-state index is -4.44. The lowest BCUT2D eigenvalue weighted by Crippen LogP contribution is -2.48. The normalized spacial score (nSPS) is 12.9. The Morgan fingerprint density at radius 1 is 1.06 bits per heavy atom. The zero-order valence-corrected chi connectivity index (χ0v) is 22.7. The zero-order chi connectivity index (χ0) is 25.7. The van der Waals surface area contributed by atoms with E-state index in [0.717, 1.165) is 0 Å². The van der Waals surface area contributed by atoms with Crippen LogP contribution < -0.4 is 14.2 Å². The highest BCUT2D eigenvalue weighted by molar-refractivity contribution is 7.91. The van der Waals surface area contributed by atoms with E-state index >= 15 is 8.78 Å². The van der Waals surface area contributed by atoms with Gasteiger partial charge >= 0.3 is 8.25 Å². The molecule has 0 saturated carbocycles. The first-order valence-corrected chi connectivity index (χ1v) is 14.7. The maximum atomic E-state index is 15.6. The van der Waals surface area contributed by atoms with Gasteiger partial charge in [0.15, 0.2) is 17.4 Å². The topological polar surface area (TPSA) is 111 Å². The molecule has 1 aromatic heterocycles. The first kappa shape index (κ1) is 29.4. The summed E-state index contributed by atoms with van der Waals surface area (Å²) >= 11 is 11.7. The second kappa shape index (κ2) is 12.4. The number of aryl methyl sites for hydroxylation is 1. The maximum absolute atomic E-state index is 15.6. The van der Waals surface area contributed by atoms with Crippen molar-refractivity contribution in [1.82, 2.24) is 4.72 Å². The molecule has 1 aromatic carbocycles. The molecule has 0 aliphatic rings. The highest BCUT2D eigenvalue weighted by Gasteiger charge is 2.43. The van der Waals surface area contributed by atoms with Gasteiger partial charge < -0.3 is 9.47 Å². The number of halogens is 4. The molecule has 2 aromatic rings. The van der Waals surface area contributed by atoms with Crippen LogP contribution in [0.15, 0.2) is 4.21 Å². The van der Waals surface area contributed by atoms with E-state index in [2.05, 4.69) is 4.72 Å². The molecule has 1 atom stereocenters. The summed E-state index contributed by atoms with van der Waals surface area (Å²) in [5, 5.41) is -0.263. The molecule has 34 heavy (non-hydrogen) atoms. The minimum absolute atomic E-state index is 0.00846. The third-order valence-corrected chi connectivity index (χ3v) is 9.07. The Labute approximate surface area is 211 Å². The van der Waals surface area contributed by atoms with Gasteiger partial charge in [-0.25, -0.2) is 17.2 Å². The van der Waals surface area contributed by atoms with Gasteiger partial charge in [0.25, 0.3) is 10.0 Å². The van der Waals surface area contributed by atoms with E-state index < -0.39 is 47.1 Å². The van der Waals surface area contributed by atoms with Crippen molar-refractivity contribution >= 4 is 62.9 Å². The lowest BCUT2D eigenvalue weighted by molar-refractivity contribution is 0.0455. The van der Waals surface area contributed by atoms with Crippen LogP contribution in [0.4, 0.5) is 8.78 Å². The molecule has 2 N–H and O–H groups in total. The number of thiophene rings is 1. The van der Waals surface area contributed by atoms with Crippen LogP contribution >= 0.6 is 42.8 Å². The third-order valence-electron chi connectivity index (χ3n) is 4.95. The summed E-state index contributed by atoms with van der Waals surface area (Å²) in [7, 11) is -7.57. The van der Waals surface area contributed by atoms with Crippen LogP contribution in [-0.4, -0.2) is 44.0 Å². The summed E-state index contributed by atoms with van der Waals surface area (Å²) in [6.07, 6.45) is 0.0718. The molecule has 0 bridgehead atoms. The van der Waals surface area contributed by atoms with Gasteiger partial charge in [0.1, 0.15) is 17.4 Å². The number of rotatable bonds is 14. The van der Waals surface area contributed by atoms with Crippen molar-refractivity contribution in [3.8, 4) is 11.5 Å². The molecular formula is C19H25Cl2F2NO7PS2+. The van der Waals surface area contributed by atoms with E-state index in [-0.39, 0.29) is 64.1 Å². The van der Waals surface area contributed by atoms with Gasteiger partial charge in [-0.3, -0.25) is 0 Å². The average molecular weight is 583 g/mol. The van der Waals surface area contributed by atoms with Gasteiger partial charge in [0.2, 0.25) is 11.5 Å². The molecule has 15 heteroatoms. The Bertz CT molecular complexity index is 1140. The summed E-state index contributed by atoms with van der Waals surface area (Å²) in [4.78, 5) is 9.22. The minimum Gasteiger partial charge on any atom is -0.486 e. The quantitative estimate of drug-likeness (QED) is 0.173. The van der Waals surface area contributed by atoms with Gasteiger partial charge in [0.05, 0.1) is 16.5 Å². The summed E-state index contributed by atoms with van der Waals surface area (Å²) in [5.74, 6) is -3.08. The second-order valence-corrected chi connectivity index (χ2v) is 11.2. The van der Waals surface area contributed by atoms with Crippen molar-refractivity contribution in [2.24, 2.45) is 0 Å². The molecule has 0 aliphatic heterocycles.